The Labute approximate surface area is 114 Å². The molecule has 5 nitrogen and oxygen atoms in total. The number of hydrogen-bond acceptors (Lipinski definition) is 2. The quantitative estimate of drug-likeness (QED) is 0.889. The maximum atomic E-state index is 12.3. The van der Waals surface area contributed by atoms with Crippen LogP contribution in [-0.4, -0.2) is 34.4 Å². The Balaban J connectivity index is 2.04. The minimum absolute atomic E-state index is 0.00567. The third kappa shape index (κ3) is 2.58. The Hall–Kier alpha value is -1.30. The van der Waals surface area contributed by atoms with E-state index in [1.807, 2.05) is 19.3 Å². The van der Waals surface area contributed by atoms with Gasteiger partial charge in [-0.15, -0.1) is 0 Å². The molecule has 0 unspecified atom stereocenters. The number of piperidine rings is 1. The third-order valence-corrected chi connectivity index (χ3v) is 3.81. The molecule has 0 radical (unpaired) electrons. The first kappa shape index (κ1) is 13.1. The lowest BCUT2D eigenvalue weighted by molar-refractivity contribution is -0.123. The van der Waals surface area contributed by atoms with E-state index < -0.39 is 0 Å². The lowest BCUT2D eigenvalue weighted by atomic mass is 9.96. The van der Waals surface area contributed by atoms with Crippen molar-refractivity contribution in [2.45, 2.75) is 12.8 Å². The van der Waals surface area contributed by atoms with Crippen LogP contribution < -0.4 is 5.73 Å². The number of nitrogens with two attached hydrogens (primary N) is 1. The number of hydrogen-bond donors (Lipinski definition) is 1. The summed E-state index contributed by atoms with van der Waals surface area (Å²) < 4.78 is 2.69. The summed E-state index contributed by atoms with van der Waals surface area (Å²) in [6, 6.07) is 1.81. The van der Waals surface area contributed by atoms with Gasteiger partial charge in [0.1, 0.15) is 5.69 Å². The molecule has 0 atom stereocenters. The molecule has 2 amide bonds. The van der Waals surface area contributed by atoms with Crippen LogP contribution in [-0.2, 0) is 11.8 Å². The van der Waals surface area contributed by atoms with Crippen LogP contribution in [0.15, 0.2) is 16.7 Å². The fourth-order valence-corrected chi connectivity index (χ4v) is 2.79. The van der Waals surface area contributed by atoms with Gasteiger partial charge in [-0.25, -0.2) is 0 Å². The Morgan fingerprint density at radius 1 is 1.39 bits per heavy atom. The first-order valence-electron chi connectivity index (χ1n) is 5.89. The van der Waals surface area contributed by atoms with Gasteiger partial charge >= 0.3 is 0 Å². The summed E-state index contributed by atoms with van der Waals surface area (Å²) in [7, 11) is 1.84. The number of primary amides is 1. The van der Waals surface area contributed by atoms with Crippen molar-refractivity contribution >= 4 is 27.7 Å². The van der Waals surface area contributed by atoms with Crippen molar-refractivity contribution in [1.82, 2.24) is 9.47 Å². The number of nitrogens with zero attached hydrogens (tertiary/aromatic N) is 2. The van der Waals surface area contributed by atoms with E-state index in [0.717, 1.165) is 4.47 Å². The summed E-state index contributed by atoms with van der Waals surface area (Å²) in [4.78, 5) is 25.1. The minimum Gasteiger partial charge on any atom is -0.369 e. The monoisotopic (exact) mass is 313 g/mol. The van der Waals surface area contributed by atoms with Gasteiger partial charge in [-0.2, -0.15) is 0 Å². The molecule has 1 fully saturated rings. The zero-order valence-corrected chi connectivity index (χ0v) is 11.8. The average molecular weight is 314 g/mol. The van der Waals surface area contributed by atoms with Crippen LogP contribution >= 0.6 is 15.9 Å². The highest BCUT2D eigenvalue weighted by Crippen LogP contribution is 2.20. The maximum absolute atomic E-state index is 12.3. The predicted octanol–water partition coefficient (Wildman–Crippen LogP) is 1.13. The van der Waals surface area contributed by atoms with E-state index in [-0.39, 0.29) is 17.7 Å². The summed E-state index contributed by atoms with van der Waals surface area (Å²) >= 11 is 3.35. The van der Waals surface area contributed by atoms with Gasteiger partial charge in [-0.1, -0.05) is 0 Å². The van der Waals surface area contributed by atoms with Crippen molar-refractivity contribution < 1.29 is 9.59 Å². The van der Waals surface area contributed by atoms with Gasteiger partial charge in [0.2, 0.25) is 5.91 Å². The van der Waals surface area contributed by atoms with Crippen LogP contribution in [0.2, 0.25) is 0 Å². The maximum Gasteiger partial charge on any atom is 0.270 e. The van der Waals surface area contributed by atoms with Crippen molar-refractivity contribution in [3.05, 3.63) is 22.4 Å². The summed E-state index contributed by atoms with van der Waals surface area (Å²) in [5.74, 6) is -0.343. The van der Waals surface area contributed by atoms with Crippen molar-refractivity contribution in [2.24, 2.45) is 18.7 Å². The summed E-state index contributed by atoms with van der Waals surface area (Å²) in [5.41, 5.74) is 5.93. The summed E-state index contributed by atoms with van der Waals surface area (Å²) in [5, 5.41) is 0. The molecular formula is C12H16BrN3O2. The van der Waals surface area contributed by atoms with Gasteiger partial charge < -0.3 is 15.2 Å². The van der Waals surface area contributed by atoms with Crippen LogP contribution in [0, 0.1) is 5.92 Å². The lowest BCUT2D eigenvalue weighted by Gasteiger charge is -2.30. The number of rotatable bonds is 2. The number of carbonyl (C=O) groups is 2. The van der Waals surface area contributed by atoms with Crippen LogP contribution in [0.25, 0.3) is 0 Å². The highest BCUT2D eigenvalue weighted by molar-refractivity contribution is 9.10. The van der Waals surface area contributed by atoms with Crippen LogP contribution in [0.1, 0.15) is 23.3 Å². The van der Waals surface area contributed by atoms with Crippen molar-refractivity contribution in [3.8, 4) is 0 Å². The Morgan fingerprint density at radius 3 is 2.44 bits per heavy atom. The standard InChI is InChI=1S/C12H16BrN3O2/c1-15-7-9(13)6-10(15)12(18)16-4-2-8(3-5-16)11(14)17/h6-8H,2-5H2,1H3,(H2,14,17). The van der Waals surface area contributed by atoms with Gasteiger partial charge in [-0.3, -0.25) is 9.59 Å². The number of aromatic nitrogens is 1. The van der Waals surface area contributed by atoms with E-state index >= 15 is 0 Å². The number of aryl methyl sites for hydroxylation is 1. The summed E-state index contributed by atoms with van der Waals surface area (Å²) in [6.45, 7) is 1.18. The zero-order chi connectivity index (χ0) is 13.3. The van der Waals surface area contributed by atoms with Crippen LogP contribution in [0.5, 0.6) is 0 Å². The molecule has 0 bridgehead atoms. The van der Waals surface area contributed by atoms with Crippen LogP contribution in [0.4, 0.5) is 0 Å². The predicted molar refractivity (Wildman–Crippen MR) is 70.9 cm³/mol. The third-order valence-electron chi connectivity index (χ3n) is 3.38. The number of halogens is 1. The zero-order valence-electron chi connectivity index (χ0n) is 10.2. The molecule has 0 spiro atoms. The fourth-order valence-electron chi connectivity index (χ4n) is 2.27. The summed E-state index contributed by atoms with van der Waals surface area (Å²) in [6.07, 6.45) is 3.17. The molecule has 1 aromatic heterocycles. The molecule has 1 aromatic rings. The Bertz CT molecular complexity index is 476. The van der Waals surface area contributed by atoms with Gasteiger partial charge in [0.25, 0.3) is 5.91 Å². The van der Waals surface area contributed by atoms with E-state index in [1.54, 1.807) is 9.47 Å². The second-order valence-electron chi connectivity index (χ2n) is 4.62. The molecule has 1 aliphatic heterocycles. The normalized spacial score (nSPS) is 16.9. The van der Waals surface area contributed by atoms with E-state index in [1.165, 1.54) is 0 Å². The Morgan fingerprint density at radius 2 is 2.00 bits per heavy atom. The van der Waals surface area contributed by atoms with Crippen molar-refractivity contribution in [1.29, 1.82) is 0 Å². The highest BCUT2D eigenvalue weighted by atomic mass is 79.9. The van der Waals surface area contributed by atoms with E-state index in [4.69, 9.17) is 5.73 Å². The molecule has 98 valence electrons. The molecule has 0 aromatic carbocycles. The van der Waals surface area contributed by atoms with E-state index in [9.17, 15) is 9.59 Å². The number of carbonyl (C=O) groups excluding carboxylic acids is 2. The second kappa shape index (κ2) is 5.14. The molecule has 1 saturated heterocycles. The molecule has 2 N–H and O–H groups in total. The molecule has 18 heavy (non-hydrogen) atoms. The smallest absolute Gasteiger partial charge is 0.270 e. The first-order chi connectivity index (χ1) is 8.49. The molecule has 2 heterocycles. The lowest BCUT2D eigenvalue weighted by Crippen LogP contribution is -2.42. The SMILES string of the molecule is Cn1cc(Br)cc1C(=O)N1CCC(C(N)=O)CC1. The minimum atomic E-state index is -0.260. The fraction of sp³-hybridized carbons (Fsp3) is 0.500. The molecular weight excluding hydrogens is 298 g/mol. The molecule has 0 aliphatic carbocycles. The average Bonchev–Trinajstić information content (AvgIpc) is 2.67. The number of amides is 2. The van der Waals surface area contributed by atoms with Crippen molar-refractivity contribution in [3.63, 3.8) is 0 Å². The molecule has 2 rings (SSSR count). The van der Waals surface area contributed by atoms with E-state index in [0.29, 0.717) is 31.6 Å². The van der Waals surface area contributed by atoms with Gasteiger partial charge in [0.15, 0.2) is 0 Å². The topological polar surface area (TPSA) is 68.3 Å². The number of likely N-dealkylation sites (tertiary alicyclic amines) is 1. The first-order valence-corrected chi connectivity index (χ1v) is 6.69. The van der Waals surface area contributed by atoms with Crippen LogP contribution in [0.3, 0.4) is 0 Å². The Kier molecular flexibility index (Phi) is 3.75. The highest BCUT2D eigenvalue weighted by Gasteiger charge is 2.27. The largest absolute Gasteiger partial charge is 0.369 e. The van der Waals surface area contributed by atoms with Gasteiger partial charge in [0, 0.05) is 36.7 Å². The van der Waals surface area contributed by atoms with Gasteiger partial charge in [-0.05, 0) is 34.8 Å². The van der Waals surface area contributed by atoms with Gasteiger partial charge in [0.05, 0.1) is 0 Å². The molecule has 1 aliphatic rings. The molecule has 0 saturated carbocycles. The second-order valence-corrected chi connectivity index (χ2v) is 5.54. The van der Waals surface area contributed by atoms with Crippen molar-refractivity contribution in [2.75, 3.05) is 13.1 Å². The molecule has 6 heteroatoms. The van der Waals surface area contributed by atoms with E-state index in [2.05, 4.69) is 15.9 Å².